The number of aliphatic hydroxyl groups is 1. The molecule has 9 heteroatoms. The first-order valence-electron chi connectivity index (χ1n) is 11.9. The second-order valence-electron chi connectivity index (χ2n) is 8.99. The molecule has 0 aliphatic carbocycles. The first kappa shape index (κ1) is 29.4. The predicted molar refractivity (Wildman–Crippen MR) is 153 cm³/mol. The Labute approximate surface area is 227 Å². The molecule has 0 amide bonds. The minimum Gasteiger partial charge on any atom is -0.396 e. The molecule has 2 aliphatic heterocycles. The standard InChI is InChI=1S/C26H33N5O.3ClH/c1-2-29-13-15-31(16-14-29)26-23-6-4-3-5-21(23)17-24(28-26)22-7-8-25(27-18-22)30-11-9-20(19-32)10-12-30;;;/h3-8,17-18,20,32H,2,9-16,19H2,1H3;3*1H. The molecule has 35 heavy (non-hydrogen) atoms. The smallest absolute Gasteiger partial charge is 0.137 e. The lowest BCUT2D eigenvalue weighted by molar-refractivity contribution is 0.203. The quantitative estimate of drug-likeness (QED) is 0.496. The third kappa shape index (κ3) is 6.49. The van der Waals surface area contributed by atoms with E-state index < -0.39 is 0 Å². The number of rotatable bonds is 5. The number of piperidine rings is 1. The van der Waals surface area contributed by atoms with Crippen molar-refractivity contribution in [2.75, 3.05) is 62.2 Å². The highest BCUT2D eigenvalue weighted by Crippen LogP contribution is 2.31. The second kappa shape index (κ2) is 13.5. The summed E-state index contributed by atoms with van der Waals surface area (Å²) in [5.74, 6) is 2.54. The van der Waals surface area contributed by atoms with Crippen LogP contribution in [0.25, 0.3) is 22.0 Å². The molecular weight excluding hydrogens is 505 g/mol. The molecule has 4 heterocycles. The van der Waals surface area contributed by atoms with Crippen LogP contribution in [0.3, 0.4) is 0 Å². The Hall–Kier alpha value is -1.83. The van der Waals surface area contributed by atoms with Crippen LogP contribution in [0.15, 0.2) is 48.7 Å². The molecule has 2 aromatic heterocycles. The molecule has 2 saturated heterocycles. The fourth-order valence-corrected chi connectivity index (χ4v) is 4.91. The van der Waals surface area contributed by atoms with Crippen LogP contribution in [-0.2, 0) is 0 Å². The van der Waals surface area contributed by atoms with Crippen LogP contribution in [0.2, 0.25) is 0 Å². The van der Waals surface area contributed by atoms with E-state index in [1.165, 1.54) is 10.8 Å². The van der Waals surface area contributed by atoms with E-state index in [2.05, 4.69) is 64.1 Å². The molecule has 0 spiro atoms. The third-order valence-electron chi connectivity index (χ3n) is 7.08. The number of fused-ring (bicyclic) bond motifs is 1. The maximum Gasteiger partial charge on any atom is 0.137 e. The van der Waals surface area contributed by atoms with Crippen LogP contribution in [-0.4, -0.2) is 72.4 Å². The van der Waals surface area contributed by atoms with Crippen LogP contribution < -0.4 is 9.80 Å². The molecule has 0 unspecified atom stereocenters. The monoisotopic (exact) mass is 539 g/mol. The minimum absolute atomic E-state index is 0. The summed E-state index contributed by atoms with van der Waals surface area (Å²) in [6.07, 6.45) is 4.02. The van der Waals surface area contributed by atoms with E-state index in [1.807, 2.05) is 6.20 Å². The van der Waals surface area contributed by atoms with Crippen molar-refractivity contribution in [1.29, 1.82) is 0 Å². The summed E-state index contributed by atoms with van der Waals surface area (Å²) in [6.45, 7) is 9.74. The molecule has 2 fully saturated rings. The van der Waals surface area contributed by atoms with Gasteiger partial charge in [-0.05, 0) is 48.9 Å². The van der Waals surface area contributed by atoms with E-state index in [1.54, 1.807) is 0 Å². The Kier molecular flexibility index (Phi) is 11.3. The van der Waals surface area contributed by atoms with Gasteiger partial charge in [0.15, 0.2) is 0 Å². The Morgan fingerprint density at radius 3 is 2.23 bits per heavy atom. The maximum atomic E-state index is 9.38. The van der Waals surface area contributed by atoms with E-state index in [0.717, 1.165) is 81.5 Å². The lowest BCUT2D eigenvalue weighted by Crippen LogP contribution is -2.46. The first-order chi connectivity index (χ1) is 15.7. The normalized spacial score (nSPS) is 16.9. The zero-order valence-electron chi connectivity index (χ0n) is 20.2. The number of likely N-dealkylation sites (N-methyl/N-ethyl adjacent to an activating group) is 1. The highest BCUT2D eigenvalue weighted by molar-refractivity contribution is 5.95. The molecule has 5 rings (SSSR count). The zero-order chi connectivity index (χ0) is 21.9. The third-order valence-corrected chi connectivity index (χ3v) is 7.08. The molecule has 192 valence electrons. The minimum atomic E-state index is 0. The van der Waals surface area contributed by atoms with Gasteiger partial charge in [0.05, 0.1) is 5.69 Å². The summed E-state index contributed by atoms with van der Waals surface area (Å²) in [6, 6.07) is 15.0. The number of piperazine rings is 1. The largest absolute Gasteiger partial charge is 0.396 e. The predicted octanol–water partition coefficient (Wildman–Crippen LogP) is 4.91. The number of aliphatic hydroxyl groups excluding tert-OH is 1. The van der Waals surface area contributed by atoms with Gasteiger partial charge in [0.25, 0.3) is 0 Å². The Bertz CT molecular complexity index is 1050. The number of benzene rings is 1. The summed E-state index contributed by atoms with van der Waals surface area (Å²) in [5, 5.41) is 11.8. The summed E-state index contributed by atoms with van der Waals surface area (Å²) in [5.41, 5.74) is 2.04. The van der Waals surface area contributed by atoms with Gasteiger partial charge in [-0.25, -0.2) is 9.97 Å². The number of nitrogens with zero attached hydrogens (tertiary/aromatic N) is 5. The molecule has 0 atom stereocenters. The van der Waals surface area contributed by atoms with Gasteiger partial charge in [-0.2, -0.15) is 0 Å². The fourth-order valence-electron chi connectivity index (χ4n) is 4.91. The second-order valence-corrected chi connectivity index (χ2v) is 8.99. The van der Waals surface area contributed by atoms with Crippen molar-refractivity contribution in [3.8, 4) is 11.3 Å². The summed E-state index contributed by atoms with van der Waals surface area (Å²) >= 11 is 0. The molecule has 1 aromatic carbocycles. The summed E-state index contributed by atoms with van der Waals surface area (Å²) in [7, 11) is 0. The van der Waals surface area contributed by atoms with E-state index in [9.17, 15) is 5.11 Å². The van der Waals surface area contributed by atoms with Crippen molar-refractivity contribution < 1.29 is 5.11 Å². The van der Waals surface area contributed by atoms with Gasteiger partial charge < -0.3 is 19.8 Å². The SMILES string of the molecule is CCN1CCN(c2nc(-c3ccc(N4CCC(CO)CC4)nc3)cc3ccccc23)CC1.Cl.Cl.Cl. The number of pyridine rings is 2. The van der Waals surface area contributed by atoms with Crippen molar-refractivity contribution in [2.45, 2.75) is 19.8 Å². The van der Waals surface area contributed by atoms with Gasteiger partial charge >= 0.3 is 0 Å². The van der Waals surface area contributed by atoms with Crippen molar-refractivity contribution in [1.82, 2.24) is 14.9 Å². The van der Waals surface area contributed by atoms with Gasteiger partial charge in [-0.1, -0.05) is 31.2 Å². The van der Waals surface area contributed by atoms with Gasteiger partial charge in [0.2, 0.25) is 0 Å². The number of anilines is 2. The lowest BCUT2D eigenvalue weighted by atomic mass is 9.98. The maximum absolute atomic E-state index is 9.38. The highest BCUT2D eigenvalue weighted by atomic mass is 35.5. The van der Waals surface area contributed by atoms with Gasteiger partial charge in [0, 0.05) is 63.0 Å². The molecule has 6 nitrogen and oxygen atoms in total. The number of aromatic nitrogens is 2. The molecule has 0 bridgehead atoms. The fraction of sp³-hybridized carbons (Fsp3) is 0.462. The van der Waals surface area contributed by atoms with Gasteiger partial charge in [-0.3, -0.25) is 0 Å². The summed E-state index contributed by atoms with van der Waals surface area (Å²) in [4.78, 5) is 17.2. The number of hydrogen-bond acceptors (Lipinski definition) is 6. The zero-order valence-corrected chi connectivity index (χ0v) is 22.6. The molecule has 0 saturated carbocycles. The Morgan fingerprint density at radius 2 is 1.60 bits per heavy atom. The summed E-state index contributed by atoms with van der Waals surface area (Å²) < 4.78 is 0. The average molecular weight is 541 g/mol. The van der Waals surface area contributed by atoms with Crippen molar-refractivity contribution in [2.24, 2.45) is 5.92 Å². The van der Waals surface area contributed by atoms with Crippen LogP contribution in [0.1, 0.15) is 19.8 Å². The van der Waals surface area contributed by atoms with Gasteiger partial charge in [-0.15, -0.1) is 37.2 Å². The van der Waals surface area contributed by atoms with Crippen LogP contribution in [0.4, 0.5) is 11.6 Å². The lowest BCUT2D eigenvalue weighted by Gasteiger charge is -2.35. The van der Waals surface area contributed by atoms with Crippen molar-refractivity contribution in [3.63, 3.8) is 0 Å². The number of hydrogen-bond donors (Lipinski definition) is 1. The van der Waals surface area contributed by atoms with E-state index >= 15 is 0 Å². The molecule has 3 aromatic rings. The topological polar surface area (TPSA) is 55.7 Å². The number of halogens is 3. The van der Waals surface area contributed by atoms with Gasteiger partial charge in [0.1, 0.15) is 11.6 Å². The Balaban J connectivity index is 0.00000144. The first-order valence-corrected chi connectivity index (χ1v) is 11.9. The van der Waals surface area contributed by atoms with Crippen LogP contribution >= 0.6 is 37.2 Å². The van der Waals surface area contributed by atoms with E-state index in [-0.39, 0.29) is 37.2 Å². The highest BCUT2D eigenvalue weighted by Gasteiger charge is 2.21. The average Bonchev–Trinajstić information content (AvgIpc) is 2.88. The van der Waals surface area contributed by atoms with Crippen molar-refractivity contribution in [3.05, 3.63) is 48.7 Å². The van der Waals surface area contributed by atoms with E-state index in [4.69, 9.17) is 9.97 Å². The van der Waals surface area contributed by atoms with Crippen LogP contribution in [0.5, 0.6) is 0 Å². The Morgan fingerprint density at radius 1 is 0.886 bits per heavy atom. The van der Waals surface area contributed by atoms with E-state index in [0.29, 0.717) is 12.5 Å². The molecule has 1 N–H and O–H groups in total. The molecule has 0 radical (unpaired) electrons. The van der Waals surface area contributed by atoms with Crippen LogP contribution in [0, 0.1) is 5.92 Å². The molecular formula is C26H36Cl3N5O. The van der Waals surface area contributed by atoms with Crippen molar-refractivity contribution >= 4 is 59.6 Å². The molecule has 2 aliphatic rings.